The molecule has 3 heteroatoms. The van der Waals surface area contributed by atoms with E-state index in [1.807, 2.05) is 30.3 Å². The van der Waals surface area contributed by atoms with Crippen LogP contribution in [0.1, 0.15) is 27.7 Å². The highest BCUT2D eigenvalue weighted by Gasteiger charge is 2.37. The van der Waals surface area contributed by atoms with Gasteiger partial charge in [0, 0.05) is 0 Å². The highest BCUT2D eigenvalue weighted by atomic mass is 28.4. The Kier molecular flexibility index (Phi) is 4.99. The summed E-state index contributed by atoms with van der Waals surface area (Å²) in [6.45, 7) is 14.0. The van der Waals surface area contributed by atoms with Gasteiger partial charge >= 0.3 is 0 Å². The van der Waals surface area contributed by atoms with Gasteiger partial charge in [-0.15, -0.1) is 0 Å². The van der Waals surface area contributed by atoms with Gasteiger partial charge in [0.2, 0.25) is 0 Å². The lowest BCUT2D eigenvalue weighted by atomic mass is 10.2. The molecule has 0 heterocycles. The van der Waals surface area contributed by atoms with E-state index in [0.717, 1.165) is 5.75 Å². The molecule has 102 valence electrons. The first kappa shape index (κ1) is 15.3. The fourth-order valence-electron chi connectivity index (χ4n) is 1.31. The molecule has 0 aliphatic heterocycles. The topological polar surface area (TPSA) is 18.5 Å². The van der Waals surface area contributed by atoms with Crippen molar-refractivity contribution in [1.82, 2.24) is 0 Å². The predicted molar refractivity (Wildman–Crippen MR) is 79.7 cm³/mol. The van der Waals surface area contributed by atoms with Gasteiger partial charge in [-0.2, -0.15) is 0 Å². The molecule has 0 N–H and O–H groups in total. The maximum atomic E-state index is 6.14. The Balaban J connectivity index is 2.45. The third-order valence-corrected chi connectivity index (χ3v) is 8.07. The summed E-state index contributed by atoms with van der Waals surface area (Å²) in [5, 5.41) is 0.249. The Bertz CT molecular complexity index is 355. The van der Waals surface area contributed by atoms with Crippen LogP contribution >= 0.6 is 0 Å². The van der Waals surface area contributed by atoms with Crippen molar-refractivity contribution in [2.45, 2.75) is 51.9 Å². The Labute approximate surface area is 112 Å². The molecule has 0 fully saturated rings. The van der Waals surface area contributed by atoms with E-state index in [2.05, 4.69) is 40.8 Å². The van der Waals surface area contributed by atoms with Gasteiger partial charge in [0.05, 0.1) is 6.61 Å². The molecular formula is C15H26O2Si. The van der Waals surface area contributed by atoms with E-state index < -0.39 is 8.32 Å². The second kappa shape index (κ2) is 5.89. The van der Waals surface area contributed by atoms with Crippen LogP contribution in [-0.2, 0) is 4.43 Å². The largest absolute Gasteiger partial charge is 0.488 e. The highest BCUT2D eigenvalue weighted by molar-refractivity contribution is 6.74. The summed E-state index contributed by atoms with van der Waals surface area (Å²) in [6.07, 6.45) is 0.0847. The number of para-hydroxylation sites is 1. The van der Waals surface area contributed by atoms with Gasteiger partial charge in [0.25, 0.3) is 0 Å². The summed E-state index contributed by atoms with van der Waals surface area (Å²) in [5.41, 5.74) is 0. The monoisotopic (exact) mass is 266 g/mol. The minimum Gasteiger partial charge on any atom is -0.488 e. The van der Waals surface area contributed by atoms with Gasteiger partial charge in [-0.3, -0.25) is 0 Å². The average Bonchev–Trinajstić information content (AvgIpc) is 2.26. The van der Waals surface area contributed by atoms with E-state index in [0.29, 0.717) is 6.61 Å². The summed E-state index contributed by atoms with van der Waals surface area (Å²) >= 11 is 0. The first-order valence-electron chi connectivity index (χ1n) is 6.58. The summed E-state index contributed by atoms with van der Waals surface area (Å²) in [4.78, 5) is 0. The molecule has 0 radical (unpaired) electrons. The van der Waals surface area contributed by atoms with Crippen LogP contribution in [0, 0.1) is 0 Å². The first-order valence-corrected chi connectivity index (χ1v) is 9.49. The maximum Gasteiger partial charge on any atom is 0.192 e. The SMILES string of the molecule is CC(CO[Si](C)(C)C(C)(C)C)Oc1ccccc1. The van der Waals surface area contributed by atoms with Gasteiger partial charge in [0.1, 0.15) is 11.9 Å². The lowest BCUT2D eigenvalue weighted by molar-refractivity contribution is 0.134. The van der Waals surface area contributed by atoms with Crippen molar-refractivity contribution in [3.63, 3.8) is 0 Å². The van der Waals surface area contributed by atoms with Crippen LogP contribution in [0.3, 0.4) is 0 Å². The smallest absolute Gasteiger partial charge is 0.192 e. The Morgan fingerprint density at radius 2 is 1.67 bits per heavy atom. The van der Waals surface area contributed by atoms with Crippen LogP contribution < -0.4 is 4.74 Å². The zero-order valence-electron chi connectivity index (χ0n) is 12.5. The molecule has 1 atom stereocenters. The number of hydrogen-bond acceptors (Lipinski definition) is 2. The van der Waals surface area contributed by atoms with Crippen LogP contribution in [0.5, 0.6) is 5.75 Å². The fraction of sp³-hybridized carbons (Fsp3) is 0.600. The lowest BCUT2D eigenvalue weighted by Crippen LogP contribution is -2.43. The van der Waals surface area contributed by atoms with Crippen molar-refractivity contribution in [1.29, 1.82) is 0 Å². The second-order valence-electron chi connectivity index (χ2n) is 6.31. The summed E-state index contributed by atoms with van der Waals surface area (Å²) in [5.74, 6) is 0.906. The van der Waals surface area contributed by atoms with Crippen LogP contribution in [0.15, 0.2) is 30.3 Å². The molecule has 0 saturated heterocycles. The van der Waals surface area contributed by atoms with E-state index in [1.54, 1.807) is 0 Å². The van der Waals surface area contributed by atoms with Crippen molar-refractivity contribution in [2.75, 3.05) is 6.61 Å². The maximum absolute atomic E-state index is 6.14. The van der Waals surface area contributed by atoms with Gasteiger partial charge in [-0.25, -0.2) is 0 Å². The number of ether oxygens (including phenoxy) is 1. The molecule has 1 unspecified atom stereocenters. The summed E-state index contributed by atoms with van der Waals surface area (Å²) in [6, 6.07) is 9.91. The van der Waals surface area contributed by atoms with Crippen molar-refractivity contribution in [2.24, 2.45) is 0 Å². The van der Waals surface area contributed by atoms with E-state index in [4.69, 9.17) is 9.16 Å². The van der Waals surface area contributed by atoms with Crippen molar-refractivity contribution >= 4 is 8.32 Å². The van der Waals surface area contributed by atoms with Crippen LogP contribution in [0.2, 0.25) is 18.1 Å². The lowest BCUT2D eigenvalue weighted by Gasteiger charge is -2.36. The molecule has 1 aromatic carbocycles. The average molecular weight is 266 g/mol. The molecule has 0 aliphatic rings. The quantitative estimate of drug-likeness (QED) is 0.732. The standard InChI is InChI=1S/C15H26O2Si/c1-13(17-14-10-8-7-9-11-14)12-16-18(5,6)15(2,3)4/h7-11,13H,12H2,1-6H3. The van der Waals surface area contributed by atoms with Crippen molar-refractivity contribution in [3.05, 3.63) is 30.3 Å². The summed E-state index contributed by atoms with van der Waals surface area (Å²) in [7, 11) is -1.66. The molecule has 0 bridgehead atoms. The molecule has 0 aromatic heterocycles. The minimum absolute atomic E-state index is 0.0847. The third-order valence-electron chi connectivity index (χ3n) is 3.57. The Hall–Kier alpha value is -0.803. The molecular weight excluding hydrogens is 240 g/mol. The zero-order valence-corrected chi connectivity index (χ0v) is 13.5. The molecule has 0 amide bonds. The van der Waals surface area contributed by atoms with E-state index >= 15 is 0 Å². The second-order valence-corrected chi connectivity index (χ2v) is 11.1. The van der Waals surface area contributed by atoms with Crippen LogP contribution in [0.25, 0.3) is 0 Å². The molecule has 0 spiro atoms. The highest BCUT2D eigenvalue weighted by Crippen LogP contribution is 2.36. The molecule has 1 aromatic rings. The van der Waals surface area contributed by atoms with Crippen molar-refractivity contribution < 1.29 is 9.16 Å². The van der Waals surface area contributed by atoms with Crippen LogP contribution in [-0.4, -0.2) is 21.0 Å². The zero-order chi connectivity index (χ0) is 13.8. The van der Waals surface area contributed by atoms with Gasteiger partial charge in [-0.05, 0) is 37.2 Å². The van der Waals surface area contributed by atoms with E-state index in [9.17, 15) is 0 Å². The van der Waals surface area contributed by atoms with E-state index in [1.165, 1.54) is 0 Å². The third kappa shape index (κ3) is 4.46. The Morgan fingerprint density at radius 1 is 1.11 bits per heavy atom. The van der Waals surface area contributed by atoms with E-state index in [-0.39, 0.29) is 11.1 Å². The first-order chi connectivity index (χ1) is 8.22. The number of hydrogen-bond donors (Lipinski definition) is 0. The van der Waals surface area contributed by atoms with Gasteiger partial charge < -0.3 is 9.16 Å². The van der Waals surface area contributed by atoms with Crippen LogP contribution in [0.4, 0.5) is 0 Å². The predicted octanol–water partition coefficient (Wildman–Crippen LogP) is 4.48. The molecule has 18 heavy (non-hydrogen) atoms. The normalized spacial score (nSPS) is 14.3. The molecule has 2 nitrogen and oxygen atoms in total. The fourth-order valence-corrected chi connectivity index (χ4v) is 2.39. The Morgan fingerprint density at radius 3 is 2.17 bits per heavy atom. The van der Waals surface area contributed by atoms with Gasteiger partial charge in [0.15, 0.2) is 8.32 Å². The van der Waals surface area contributed by atoms with Crippen molar-refractivity contribution in [3.8, 4) is 5.75 Å². The molecule has 1 rings (SSSR count). The molecule has 0 aliphatic carbocycles. The minimum atomic E-state index is -1.66. The number of benzene rings is 1. The number of rotatable bonds is 5. The summed E-state index contributed by atoms with van der Waals surface area (Å²) < 4.78 is 12.0. The van der Waals surface area contributed by atoms with Gasteiger partial charge in [-0.1, -0.05) is 39.0 Å². The molecule has 0 saturated carbocycles.